The van der Waals surface area contributed by atoms with Crippen molar-refractivity contribution in [2.75, 3.05) is 57.1 Å². The first-order valence-corrected chi connectivity index (χ1v) is 16.3. The average Bonchev–Trinajstić information content (AvgIpc) is 3.72. The van der Waals surface area contributed by atoms with Crippen molar-refractivity contribution in [3.05, 3.63) is 82.6 Å². The molecule has 15 nitrogen and oxygen atoms in total. The second-order valence-electron chi connectivity index (χ2n) is 11.6. The van der Waals surface area contributed by atoms with E-state index in [-0.39, 0.29) is 52.7 Å². The first-order chi connectivity index (χ1) is 22.8. The van der Waals surface area contributed by atoms with Crippen molar-refractivity contribution >= 4 is 39.3 Å². The molecule has 0 radical (unpaired) electrons. The number of ether oxygens (including phenoxy) is 1. The molecule has 1 saturated heterocycles. The van der Waals surface area contributed by atoms with Crippen LogP contribution < -0.4 is 20.7 Å². The molecule has 0 spiro atoms. The van der Waals surface area contributed by atoms with Gasteiger partial charge >= 0.3 is 5.97 Å². The van der Waals surface area contributed by atoms with E-state index in [1.807, 2.05) is 11.9 Å². The Hall–Kier alpha value is -5.26. The van der Waals surface area contributed by atoms with Crippen molar-refractivity contribution in [3.8, 4) is 11.4 Å². The molecule has 0 bridgehead atoms. The summed E-state index contributed by atoms with van der Waals surface area (Å²) < 4.78 is 48.9. The smallest absolute Gasteiger partial charge is 0.337 e. The molecule has 5 N–H and O–H groups in total. The maximum absolute atomic E-state index is 14.2. The highest BCUT2D eigenvalue weighted by Crippen LogP contribution is 2.33. The Morgan fingerprint density at radius 1 is 1.04 bits per heavy atom. The van der Waals surface area contributed by atoms with Crippen LogP contribution in [0.3, 0.4) is 0 Å². The number of halogens is 1. The van der Waals surface area contributed by atoms with Crippen molar-refractivity contribution in [2.45, 2.75) is 17.9 Å². The number of fused-ring (bicyclic) bond motifs is 1. The number of aromatic nitrogens is 3. The quantitative estimate of drug-likeness (QED) is 0.203. The summed E-state index contributed by atoms with van der Waals surface area (Å²) in [5.74, 6) is -3.41. The summed E-state index contributed by atoms with van der Waals surface area (Å²) in [7, 11) is -0.872. The van der Waals surface area contributed by atoms with E-state index in [1.54, 1.807) is 10.8 Å². The molecule has 2 aromatic carbocycles. The first kappa shape index (κ1) is 32.7. The van der Waals surface area contributed by atoms with Gasteiger partial charge in [0.2, 0.25) is 15.9 Å². The highest BCUT2D eigenvalue weighted by atomic mass is 32.2. The molecule has 4 aromatic rings. The number of amides is 2. The number of aromatic carboxylic acids is 1. The number of hydrogen-bond donors (Lipinski definition) is 4. The third-order valence-corrected chi connectivity index (χ3v) is 10.4. The van der Waals surface area contributed by atoms with Gasteiger partial charge in [-0.1, -0.05) is 0 Å². The summed E-state index contributed by atoms with van der Waals surface area (Å²) in [6.07, 6.45) is 3.20. The van der Waals surface area contributed by atoms with Crippen LogP contribution in [0.4, 0.5) is 15.9 Å². The number of carbonyl (C=O) groups excluding carboxylic acids is 2. The minimum atomic E-state index is -4.17. The number of piperazine rings is 1. The van der Waals surface area contributed by atoms with Gasteiger partial charge in [-0.15, -0.1) is 0 Å². The SMILES string of the molecule is COc1cc(F)cc(S(=O)(=O)N2CCc3[nH]nc(NC(=O)c4cc(-n5ccc(C(=O)O)c5)c(N5CCN(C)CC5)cc4C(N)=O)c3C2)c1. The number of nitrogens with zero attached hydrogens (tertiary/aromatic N) is 5. The molecule has 0 atom stereocenters. The molecule has 0 aliphatic carbocycles. The van der Waals surface area contributed by atoms with Gasteiger partial charge in [0.05, 0.1) is 40.1 Å². The fraction of sp³-hybridized carbons (Fsp3) is 0.290. The average molecular weight is 681 g/mol. The summed E-state index contributed by atoms with van der Waals surface area (Å²) in [5.41, 5.74) is 7.69. The molecule has 252 valence electrons. The normalized spacial score (nSPS) is 15.6. The maximum atomic E-state index is 14.2. The second kappa shape index (κ2) is 12.7. The van der Waals surface area contributed by atoms with Gasteiger partial charge in [-0.3, -0.25) is 14.7 Å². The van der Waals surface area contributed by atoms with E-state index < -0.39 is 33.6 Å². The van der Waals surface area contributed by atoms with Crippen LogP contribution in [0, 0.1) is 5.82 Å². The number of benzene rings is 2. The lowest BCUT2D eigenvalue weighted by Gasteiger charge is -2.35. The van der Waals surface area contributed by atoms with Crippen molar-refractivity contribution < 1.29 is 37.0 Å². The number of nitrogens with two attached hydrogens (primary N) is 1. The molecule has 4 heterocycles. The van der Waals surface area contributed by atoms with Crippen LogP contribution in [-0.2, 0) is 23.0 Å². The number of carboxylic acid groups (broad SMARTS) is 1. The number of likely N-dealkylation sites (N-methyl/N-ethyl adjacent to an activating group) is 1. The molecular formula is C31H33FN8O7S. The van der Waals surface area contributed by atoms with Gasteiger partial charge in [-0.25, -0.2) is 17.6 Å². The zero-order chi connectivity index (χ0) is 34.3. The topological polar surface area (TPSA) is 196 Å². The van der Waals surface area contributed by atoms with Gasteiger partial charge in [-0.2, -0.15) is 9.40 Å². The fourth-order valence-corrected chi connectivity index (χ4v) is 7.31. The van der Waals surface area contributed by atoms with Gasteiger partial charge in [0.25, 0.3) is 5.91 Å². The summed E-state index contributed by atoms with van der Waals surface area (Å²) in [6, 6.07) is 7.63. The van der Waals surface area contributed by atoms with Crippen molar-refractivity contribution in [1.29, 1.82) is 0 Å². The number of aromatic amines is 1. The molecule has 17 heteroatoms. The number of hydrogen-bond acceptors (Lipinski definition) is 9. The summed E-state index contributed by atoms with van der Waals surface area (Å²) in [4.78, 5) is 42.2. The van der Waals surface area contributed by atoms with E-state index in [9.17, 15) is 32.3 Å². The van der Waals surface area contributed by atoms with Crippen LogP contribution in [0.5, 0.6) is 5.75 Å². The Labute approximate surface area is 274 Å². The number of sulfonamides is 1. The van der Waals surface area contributed by atoms with Crippen molar-refractivity contribution in [3.63, 3.8) is 0 Å². The van der Waals surface area contributed by atoms with Crippen LogP contribution in [0.15, 0.2) is 53.7 Å². The molecule has 2 amide bonds. The molecule has 6 rings (SSSR count). The van der Waals surface area contributed by atoms with E-state index in [0.717, 1.165) is 29.5 Å². The minimum absolute atomic E-state index is 0.0312. The van der Waals surface area contributed by atoms with Crippen LogP contribution in [0.2, 0.25) is 0 Å². The highest BCUT2D eigenvalue weighted by Gasteiger charge is 2.33. The van der Waals surface area contributed by atoms with Crippen molar-refractivity contribution in [1.82, 2.24) is 24.0 Å². The maximum Gasteiger partial charge on any atom is 0.337 e. The first-order valence-electron chi connectivity index (χ1n) is 14.9. The summed E-state index contributed by atoms with van der Waals surface area (Å²) >= 11 is 0. The number of H-pyrrole nitrogens is 1. The number of anilines is 2. The molecule has 0 saturated carbocycles. The van der Waals surface area contributed by atoms with Crippen molar-refractivity contribution in [2.24, 2.45) is 5.73 Å². The number of methoxy groups -OCH3 is 1. The molecule has 2 aliphatic rings. The Kier molecular flexibility index (Phi) is 8.67. The van der Waals surface area contributed by atoms with E-state index in [4.69, 9.17) is 10.5 Å². The Morgan fingerprint density at radius 2 is 1.77 bits per heavy atom. The lowest BCUT2D eigenvalue weighted by molar-refractivity contribution is 0.0696. The standard InChI is InChI=1S/C31H33FN8O7S/c1-37-7-9-38(10-8-37)26-14-22(28(33)41)23(15-27(26)39-5-3-18(16-39)31(43)44)30(42)34-29-24-17-40(6-4-25(24)35-36-29)48(45,46)21-12-19(32)11-20(13-21)47-2/h3,5,11-16H,4,6-10,17H2,1-2H3,(H2,33,41)(H,43,44)(H2,34,35,36,42). The lowest BCUT2D eigenvalue weighted by Crippen LogP contribution is -2.45. The second-order valence-corrected chi connectivity index (χ2v) is 13.5. The highest BCUT2D eigenvalue weighted by molar-refractivity contribution is 7.89. The zero-order valence-corrected chi connectivity index (χ0v) is 26.9. The lowest BCUT2D eigenvalue weighted by atomic mass is 10.0. The minimum Gasteiger partial charge on any atom is -0.497 e. The predicted molar refractivity (Wildman–Crippen MR) is 172 cm³/mol. The number of carbonyl (C=O) groups is 3. The van der Waals surface area contributed by atoms with E-state index in [1.165, 1.54) is 37.6 Å². The largest absolute Gasteiger partial charge is 0.497 e. The monoisotopic (exact) mass is 680 g/mol. The van der Waals surface area contributed by atoms with Crippen LogP contribution >= 0.6 is 0 Å². The zero-order valence-electron chi connectivity index (χ0n) is 26.1. The van der Waals surface area contributed by atoms with Crippen LogP contribution in [0.1, 0.15) is 42.3 Å². The third-order valence-electron chi connectivity index (χ3n) is 8.54. The molecule has 1 fully saturated rings. The van der Waals surface area contributed by atoms with E-state index in [0.29, 0.717) is 35.7 Å². The van der Waals surface area contributed by atoms with E-state index in [2.05, 4.69) is 20.4 Å². The molecular weight excluding hydrogens is 647 g/mol. The number of primary amides is 1. The summed E-state index contributed by atoms with van der Waals surface area (Å²) in [6.45, 7) is 2.60. The Bertz CT molecular complexity index is 2040. The van der Waals surface area contributed by atoms with Crippen LogP contribution in [-0.4, -0.2) is 102 Å². The molecule has 2 aliphatic heterocycles. The fourth-order valence-electron chi connectivity index (χ4n) is 5.86. The van der Waals surface area contributed by atoms with Gasteiger partial charge < -0.3 is 35.3 Å². The summed E-state index contributed by atoms with van der Waals surface area (Å²) in [5, 5.41) is 19.3. The van der Waals surface area contributed by atoms with E-state index >= 15 is 0 Å². The molecule has 0 unspecified atom stereocenters. The van der Waals surface area contributed by atoms with Gasteiger partial charge in [-0.05, 0) is 31.3 Å². The third kappa shape index (κ3) is 6.22. The van der Waals surface area contributed by atoms with Gasteiger partial charge in [0, 0.05) is 81.5 Å². The molecule has 48 heavy (non-hydrogen) atoms. The van der Waals surface area contributed by atoms with Gasteiger partial charge in [0.15, 0.2) is 5.82 Å². The Morgan fingerprint density at radius 3 is 2.44 bits per heavy atom. The Balaban J connectivity index is 1.34. The van der Waals surface area contributed by atoms with Gasteiger partial charge in [0.1, 0.15) is 11.6 Å². The number of rotatable bonds is 9. The predicted octanol–water partition coefficient (Wildman–Crippen LogP) is 1.90. The molecule has 2 aromatic heterocycles. The number of nitrogens with one attached hydrogen (secondary N) is 2. The van der Waals surface area contributed by atoms with Crippen LogP contribution in [0.25, 0.3) is 5.69 Å². The number of carboxylic acids is 1.